The van der Waals surface area contributed by atoms with Crippen LogP contribution in [0.2, 0.25) is 0 Å². The molecule has 0 aromatic heterocycles. The number of hydrogen-bond donors (Lipinski definition) is 1. The topological polar surface area (TPSA) is 41.6 Å². The predicted molar refractivity (Wildman–Crippen MR) is 101 cm³/mol. The van der Waals surface area contributed by atoms with Gasteiger partial charge in [-0.1, -0.05) is 6.07 Å². The Morgan fingerprint density at radius 1 is 1.20 bits per heavy atom. The lowest BCUT2D eigenvalue weighted by Gasteiger charge is -2.24. The van der Waals surface area contributed by atoms with Crippen LogP contribution in [0.1, 0.15) is 29.3 Å². The van der Waals surface area contributed by atoms with Crippen LogP contribution in [-0.4, -0.2) is 38.6 Å². The van der Waals surface area contributed by atoms with Crippen LogP contribution >= 0.6 is 0 Å². The van der Waals surface area contributed by atoms with Gasteiger partial charge in [-0.05, 0) is 73.3 Å². The fourth-order valence-corrected chi connectivity index (χ4v) is 4.10. The molecule has 4 nitrogen and oxygen atoms in total. The first-order chi connectivity index (χ1) is 12.2. The van der Waals surface area contributed by atoms with Gasteiger partial charge >= 0.3 is 0 Å². The molecule has 4 heteroatoms. The van der Waals surface area contributed by atoms with Gasteiger partial charge in [0.15, 0.2) is 5.78 Å². The molecule has 2 aromatic rings. The Kier molecular flexibility index (Phi) is 4.22. The molecular formula is C21H24N2O2. The summed E-state index contributed by atoms with van der Waals surface area (Å²) in [6.07, 6.45) is 2.28. The standard InChI is InChI=1S/C21H24N2O2/c1-14(24)20-13-18(25-2)4-5-19(20)15-3-6-21-16(11-15)12-17-7-8-22-9-10-23(17)21/h3-6,11,13,17,22H,7-10,12H2,1-2H3. The molecule has 0 amide bonds. The number of carbonyl (C=O) groups excluding carboxylic acids is 1. The van der Waals surface area contributed by atoms with Crippen molar-refractivity contribution in [3.05, 3.63) is 47.5 Å². The van der Waals surface area contributed by atoms with Gasteiger partial charge in [0.25, 0.3) is 0 Å². The number of ether oxygens (including phenoxy) is 1. The molecular weight excluding hydrogens is 312 g/mol. The van der Waals surface area contributed by atoms with Gasteiger partial charge in [-0.2, -0.15) is 0 Å². The molecule has 1 unspecified atom stereocenters. The summed E-state index contributed by atoms with van der Waals surface area (Å²) in [7, 11) is 1.63. The van der Waals surface area contributed by atoms with Crippen molar-refractivity contribution in [3.63, 3.8) is 0 Å². The zero-order chi connectivity index (χ0) is 17.4. The van der Waals surface area contributed by atoms with E-state index < -0.39 is 0 Å². The lowest BCUT2D eigenvalue weighted by atomic mass is 9.95. The number of anilines is 1. The fraction of sp³-hybridized carbons (Fsp3) is 0.381. The highest BCUT2D eigenvalue weighted by Gasteiger charge is 2.30. The van der Waals surface area contributed by atoms with Crippen molar-refractivity contribution in [1.82, 2.24) is 5.32 Å². The Balaban J connectivity index is 1.73. The van der Waals surface area contributed by atoms with E-state index in [9.17, 15) is 4.79 Å². The summed E-state index contributed by atoms with van der Waals surface area (Å²) in [6, 6.07) is 13.0. The maximum Gasteiger partial charge on any atom is 0.160 e. The number of benzene rings is 2. The van der Waals surface area contributed by atoms with Crippen molar-refractivity contribution in [2.45, 2.75) is 25.8 Å². The third-order valence-electron chi connectivity index (χ3n) is 5.39. The summed E-state index contributed by atoms with van der Waals surface area (Å²) in [5.74, 6) is 0.783. The number of Topliss-reactive ketones (excluding diaryl/α,β-unsaturated/α-hetero) is 1. The highest BCUT2D eigenvalue weighted by molar-refractivity contribution is 6.01. The number of rotatable bonds is 3. The Labute approximate surface area is 148 Å². The van der Waals surface area contributed by atoms with Crippen LogP contribution in [0.4, 0.5) is 5.69 Å². The largest absolute Gasteiger partial charge is 0.497 e. The predicted octanol–water partition coefficient (Wildman–Crippen LogP) is 3.29. The molecule has 2 aliphatic rings. The van der Waals surface area contributed by atoms with E-state index in [2.05, 4.69) is 28.4 Å². The van der Waals surface area contributed by atoms with Gasteiger partial charge in [0.05, 0.1) is 7.11 Å². The molecule has 2 heterocycles. The Morgan fingerprint density at radius 3 is 2.88 bits per heavy atom. The molecule has 1 N–H and O–H groups in total. The maximum absolute atomic E-state index is 12.1. The lowest BCUT2D eigenvalue weighted by molar-refractivity contribution is 0.101. The van der Waals surface area contributed by atoms with Gasteiger partial charge in [0.1, 0.15) is 5.75 Å². The first kappa shape index (κ1) is 16.2. The second-order valence-corrected chi connectivity index (χ2v) is 6.90. The second-order valence-electron chi connectivity index (χ2n) is 6.90. The van der Waals surface area contributed by atoms with E-state index in [1.54, 1.807) is 14.0 Å². The summed E-state index contributed by atoms with van der Waals surface area (Å²) in [6.45, 7) is 4.82. The highest BCUT2D eigenvalue weighted by atomic mass is 16.5. The van der Waals surface area contributed by atoms with Gasteiger partial charge in [0.2, 0.25) is 0 Å². The summed E-state index contributed by atoms with van der Waals surface area (Å²) in [5, 5.41) is 3.48. The molecule has 0 bridgehead atoms. The molecule has 1 saturated heterocycles. The summed E-state index contributed by atoms with van der Waals surface area (Å²) < 4.78 is 5.28. The number of nitrogens with one attached hydrogen (secondary N) is 1. The zero-order valence-electron chi connectivity index (χ0n) is 14.8. The smallest absolute Gasteiger partial charge is 0.160 e. The molecule has 0 radical (unpaired) electrons. The summed E-state index contributed by atoms with van der Waals surface area (Å²) >= 11 is 0. The van der Waals surface area contributed by atoms with Crippen molar-refractivity contribution in [2.75, 3.05) is 31.6 Å². The first-order valence-electron chi connectivity index (χ1n) is 8.97. The minimum atomic E-state index is 0.0642. The quantitative estimate of drug-likeness (QED) is 0.874. The van der Waals surface area contributed by atoms with E-state index in [-0.39, 0.29) is 5.78 Å². The van der Waals surface area contributed by atoms with E-state index in [1.165, 1.54) is 17.7 Å². The lowest BCUT2D eigenvalue weighted by Crippen LogP contribution is -2.32. The minimum absolute atomic E-state index is 0.0642. The molecule has 0 saturated carbocycles. The number of ketones is 1. The molecule has 0 spiro atoms. The van der Waals surface area contributed by atoms with Crippen LogP contribution in [0.25, 0.3) is 11.1 Å². The van der Waals surface area contributed by atoms with Crippen molar-refractivity contribution in [3.8, 4) is 16.9 Å². The molecule has 4 rings (SSSR count). The Hall–Kier alpha value is -2.33. The molecule has 1 atom stereocenters. The zero-order valence-corrected chi connectivity index (χ0v) is 14.8. The number of fused-ring (bicyclic) bond motifs is 3. The van der Waals surface area contributed by atoms with E-state index >= 15 is 0 Å². The average molecular weight is 336 g/mol. The number of carbonyl (C=O) groups is 1. The Bertz CT molecular complexity index is 816. The van der Waals surface area contributed by atoms with Crippen molar-refractivity contribution < 1.29 is 9.53 Å². The van der Waals surface area contributed by atoms with E-state index in [4.69, 9.17) is 4.74 Å². The number of methoxy groups -OCH3 is 1. The van der Waals surface area contributed by atoms with Crippen LogP contribution in [0, 0.1) is 0 Å². The van der Waals surface area contributed by atoms with Crippen LogP contribution in [0.3, 0.4) is 0 Å². The Morgan fingerprint density at radius 2 is 2.08 bits per heavy atom. The number of nitrogens with zero attached hydrogens (tertiary/aromatic N) is 1. The minimum Gasteiger partial charge on any atom is -0.497 e. The average Bonchev–Trinajstić information content (AvgIpc) is 2.81. The van der Waals surface area contributed by atoms with Crippen LogP contribution in [-0.2, 0) is 6.42 Å². The van der Waals surface area contributed by atoms with Crippen LogP contribution in [0.5, 0.6) is 5.75 Å². The SMILES string of the molecule is COc1ccc(-c2ccc3c(c2)CC2CCNCCN32)c(C(C)=O)c1. The molecule has 130 valence electrons. The molecule has 2 aromatic carbocycles. The van der Waals surface area contributed by atoms with Gasteiger partial charge in [0, 0.05) is 30.4 Å². The number of hydrogen-bond acceptors (Lipinski definition) is 4. The van der Waals surface area contributed by atoms with Crippen LogP contribution < -0.4 is 15.0 Å². The summed E-state index contributed by atoms with van der Waals surface area (Å²) in [5.41, 5.74) is 5.57. The van der Waals surface area contributed by atoms with Crippen molar-refractivity contribution in [1.29, 1.82) is 0 Å². The normalized spacial score (nSPS) is 19.1. The second kappa shape index (κ2) is 6.52. The van der Waals surface area contributed by atoms with Crippen molar-refractivity contribution >= 4 is 11.5 Å². The van der Waals surface area contributed by atoms with Gasteiger partial charge in [-0.25, -0.2) is 0 Å². The molecule has 1 fully saturated rings. The van der Waals surface area contributed by atoms with Gasteiger partial charge in [-0.15, -0.1) is 0 Å². The third kappa shape index (κ3) is 2.91. The highest BCUT2D eigenvalue weighted by Crippen LogP contribution is 2.38. The fourth-order valence-electron chi connectivity index (χ4n) is 4.10. The van der Waals surface area contributed by atoms with Crippen molar-refractivity contribution in [2.24, 2.45) is 0 Å². The van der Waals surface area contributed by atoms with E-state index in [1.807, 2.05) is 18.2 Å². The molecule has 25 heavy (non-hydrogen) atoms. The maximum atomic E-state index is 12.1. The van der Waals surface area contributed by atoms with E-state index in [0.717, 1.165) is 48.5 Å². The van der Waals surface area contributed by atoms with E-state index in [0.29, 0.717) is 6.04 Å². The molecule has 2 aliphatic heterocycles. The van der Waals surface area contributed by atoms with Gasteiger partial charge < -0.3 is 15.0 Å². The summed E-state index contributed by atoms with van der Waals surface area (Å²) in [4.78, 5) is 14.7. The monoisotopic (exact) mass is 336 g/mol. The third-order valence-corrected chi connectivity index (χ3v) is 5.39. The van der Waals surface area contributed by atoms with Gasteiger partial charge in [-0.3, -0.25) is 4.79 Å². The van der Waals surface area contributed by atoms with Crippen LogP contribution in [0.15, 0.2) is 36.4 Å². The first-order valence-corrected chi connectivity index (χ1v) is 8.97. The molecule has 0 aliphatic carbocycles.